The van der Waals surface area contributed by atoms with Crippen LogP contribution in [0, 0.1) is 0 Å². The molecule has 2 unspecified atom stereocenters. The summed E-state index contributed by atoms with van der Waals surface area (Å²) >= 11 is 0. The summed E-state index contributed by atoms with van der Waals surface area (Å²) in [6.45, 7) is 12.7. The van der Waals surface area contributed by atoms with Gasteiger partial charge in [0.05, 0.1) is 0 Å². The van der Waals surface area contributed by atoms with Gasteiger partial charge in [-0.15, -0.1) is 0 Å². The van der Waals surface area contributed by atoms with Gasteiger partial charge in [-0.05, 0) is 57.3 Å². The molecule has 0 saturated carbocycles. The van der Waals surface area contributed by atoms with Crippen LogP contribution in [0.3, 0.4) is 0 Å². The highest BCUT2D eigenvalue weighted by molar-refractivity contribution is 5.76. The zero-order chi connectivity index (χ0) is 32.1. The molecule has 44 heavy (non-hydrogen) atoms. The van der Waals surface area contributed by atoms with Gasteiger partial charge < -0.3 is 19.7 Å². The average Bonchev–Trinajstić information content (AvgIpc) is 2.98. The highest BCUT2D eigenvalue weighted by Crippen LogP contribution is 2.29. The van der Waals surface area contributed by atoms with Gasteiger partial charge in [0, 0.05) is 11.1 Å². The third-order valence-corrected chi connectivity index (χ3v) is 7.34. The number of hydrogen-bond acceptors (Lipinski definition) is 4. The molecule has 0 aromatic heterocycles. The highest BCUT2D eigenvalue weighted by Gasteiger charge is 2.24. The summed E-state index contributed by atoms with van der Waals surface area (Å²) in [7, 11) is 0. The Morgan fingerprint density at radius 1 is 0.523 bits per heavy atom. The molecular weight excluding hydrogens is 552 g/mol. The van der Waals surface area contributed by atoms with Crippen LogP contribution in [-0.4, -0.2) is 22.2 Å². The number of rotatable bonds is 10. The lowest BCUT2D eigenvalue weighted by molar-refractivity contribution is -0.146. The fraction of sp³-hybridized carbons (Fsp3) is 0.263. The summed E-state index contributed by atoms with van der Waals surface area (Å²) < 4.78 is 11.7. The van der Waals surface area contributed by atoms with Crippen molar-refractivity contribution < 1.29 is 29.3 Å². The van der Waals surface area contributed by atoms with Crippen molar-refractivity contribution in [2.75, 3.05) is 0 Å². The number of ether oxygens (including phenoxy) is 2. The van der Waals surface area contributed by atoms with Crippen LogP contribution in [0.25, 0.3) is 12.2 Å². The molecule has 4 aromatic carbocycles. The van der Waals surface area contributed by atoms with Gasteiger partial charge in [-0.1, -0.05) is 126 Å². The van der Waals surface area contributed by atoms with Gasteiger partial charge >= 0.3 is 11.9 Å². The molecule has 4 rings (SSSR count). The van der Waals surface area contributed by atoms with E-state index in [-0.39, 0.29) is 10.8 Å². The first-order valence-corrected chi connectivity index (χ1v) is 14.6. The van der Waals surface area contributed by atoms with Crippen molar-refractivity contribution in [2.45, 2.75) is 64.6 Å². The standard InChI is InChI=1S/C38H40O6/c1-37(2,3)29-17-13-27(14-18-29)33(35(39)40)43-31-21-9-25(10-22-31)7-8-26-11-23-32(24-12-26)44-34(36(41)42)28-15-19-30(20-16-28)38(4,5)6/h7-24,33-34H,1-6H3,(H,39,40)(H,41,42)/b8-7+. The van der Waals surface area contributed by atoms with Crippen molar-refractivity contribution in [1.29, 1.82) is 0 Å². The Labute approximate surface area is 259 Å². The smallest absolute Gasteiger partial charge is 0.349 e. The zero-order valence-corrected chi connectivity index (χ0v) is 26.1. The second kappa shape index (κ2) is 13.2. The van der Waals surface area contributed by atoms with Crippen molar-refractivity contribution in [2.24, 2.45) is 0 Å². The quantitative estimate of drug-likeness (QED) is 0.179. The van der Waals surface area contributed by atoms with Crippen LogP contribution in [0.1, 0.15) is 87.1 Å². The minimum atomic E-state index is -1.12. The van der Waals surface area contributed by atoms with Gasteiger partial charge in [0.15, 0.2) is 0 Å². The van der Waals surface area contributed by atoms with E-state index in [0.29, 0.717) is 22.6 Å². The molecule has 228 valence electrons. The number of aliphatic carboxylic acids is 2. The molecule has 2 N–H and O–H groups in total. The van der Waals surface area contributed by atoms with E-state index in [0.717, 1.165) is 22.3 Å². The molecule has 0 saturated heterocycles. The Balaban J connectivity index is 1.39. The van der Waals surface area contributed by atoms with E-state index >= 15 is 0 Å². The molecule has 0 aliphatic heterocycles. The Bertz CT molecular complexity index is 1460. The van der Waals surface area contributed by atoms with Crippen LogP contribution in [-0.2, 0) is 20.4 Å². The molecule has 0 aliphatic carbocycles. The number of hydrogen-bond donors (Lipinski definition) is 2. The average molecular weight is 593 g/mol. The van der Waals surface area contributed by atoms with Gasteiger partial charge in [0.2, 0.25) is 12.2 Å². The molecule has 0 radical (unpaired) electrons. The molecule has 6 heteroatoms. The minimum Gasteiger partial charge on any atom is -0.478 e. The predicted octanol–water partition coefficient (Wildman–Crippen LogP) is 8.86. The molecule has 0 amide bonds. The highest BCUT2D eigenvalue weighted by atomic mass is 16.5. The molecule has 4 aromatic rings. The van der Waals surface area contributed by atoms with Gasteiger partial charge in [0.25, 0.3) is 0 Å². The SMILES string of the molecule is CC(C)(C)c1ccc(C(Oc2ccc(/C=C/c3ccc(OC(C(=O)O)c4ccc(C(C)(C)C)cc4)cc3)cc2)C(=O)O)cc1. The predicted molar refractivity (Wildman–Crippen MR) is 174 cm³/mol. The maximum atomic E-state index is 12.0. The van der Waals surface area contributed by atoms with Crippen LogP contribution < -0.4 is 9.47 Å². The lowest BCUT2D eigenvalue weighted by Crippen LogP contribution is -2.19. The number of benzene rings is 4. The van der Waals surface area contributed by atoms with Gasteiger partial charge in [-0.2, -0.15) is 0 Å². The first kappa shape index (κ1) is 32.1. The summed E-state index contributed by atoms with van der Waals surface area (Å²) in [6.07, 6.45) is 1.62. The molecule has 0 heterocycles. The largest absolute Gasteiger partial charge is 0.478 e. The first-order valence-electron chi connectivity index (χ1n) is 14.6. The Morgan fingerprint density at radius 2 is 0.818 bits per heavy atom. The molecule has 2 atom stereocenters. The number of carboxylic acids is 2. The van der Waals surface area contributed by atoms with Gasteiger partial charge in [-0.3, -0.25) is 0 Å². The maximum Gasteiger partial charge on any atom is 0.349 e. The van der Waals surface area contributed by atoms with E-state index in [1.165, 1.54) is 0 Å². The molecule has 0 aliphatic rings. The molecule has 0 bridgehead atoms. The van der Waals surface area contributed by atoms with E-state index in [2.05, 4.69) is 41.5 Å². The third-order valence-electron chi connectivity index (χ3n) is 7.34. The van der Waals surface area contributed by atoms with E-state index in [1.54, 1.807) is 48.5 Å². The Hall–Kier alpha value is -4.84. The van der Waals surface area contributed by atoms with Crippen LogP contribution in [0.15, 0.2) is 97.1 Å². The monoisotopic (exact) mass is 592 g/mol. The van der Waals surface area contributed by atoms with Crippen molar-refractivity contribution in [3.05, 3.63) is 130 Å². The molecule has 0 spiro atoms. The summed E-state index contributed by atoms with van der Waals surface area (Å²) in [5.74, 6) is -1.20. The van der Waals surface area contributed by atoms with Crippen LogP contribution in [0.4, 0.5) is 0 Å². The van der Waals surface area contributed by atoms with Crippen molar-refractivity contribution >= 4 is 24.1 Å². The zero-order valence-electron chi connectivity index (χ0n) is 26.1. The summed E-state index contributed by atoms with van der Waals surface area (Å²) in [4.78, 5) is 23.9. The van der Waals surface area contributed by atoms with Crippen molar-refractivity contribution in [3.8, 4) is 11.5 Å². The lowest BCUT2D eigenvalue weighted by atomic mass is 9.86. The van der Waals surface area contributed by atoms with E-state index < -0.39 is 24.1 Å². The number of carboxylic acid groups (broad SMARTS) is 2. The van der Waals surface area contributed by atoms with Crippen LogP contribution in [0.2, 0.25) is 0 Å². The summed E-state index contributed by atoms with van der Waals surface area (Å²) in [5.41, 5.74) is 5.16. The van der Waals surface area contributed by atoms with Gasteiger partial charge in [0.1, 0.15) is 11.5 Å². The van der Waals surface area contributed by atoms with E-state index in [4.69, 9.17) is 9.47 Å². The Kier molecular flexibility index (Phi) is 9.63. The van der Waals surface area contributed by atoms with Crippen molar-refractivity contribution in [1.82, 2.24) is 0 Å². The molecular formula is C38H40O6. The second-order valence-corrected chi connectivity index (χ2v) is 12.9. The fourth-order valence-electron chi connectivity index (χ4n) is 4.62. The number of carbonyl (C=O) groups is 2. The fourth-order valence-corrected chi connectivity index (χ4v) is 4.62. The van der Waals surface area contributed by atoms with Crippen LogP contribution in [0.5, 0.6) is 11.5 Å². The Morgan fingerprint density at radius 3 is 1.07 bits per heavy atom. The molecule has 0 fully saturated rings. The normalized spacial score (nSPS) is 13.3. The topological polar surface area (TPSA) is 93.1 Å². The summed E-state index contributed by atoms with van der Waals surface area (Å²) in [6, 6.07) is 29.4. The first-order chi connectivity index (χ1) is 20.7. The van der Waals surface area contributed by atoms with E-state index in [9.17, 15) is 19.8 Å². The second-order valence-electron chi connectivity index (χ2n) is 12.9. The van der Waals surface area contributed by atoms with Gasteiger partial charge in [-0.25, -0.2) is 9.59 Å². The van der Waals surface area contributed by atoms with Crippen molar-refractivity contribution in [3.63, 3.8) is 0 Å². The summed E-state index contributed by atoms with van der Waals surface area (Å²) in [5, 5.41) is 19.6. The van der Waals surface area contributed by atoms with Crippen LogP contribution >= 0.6 is 0 Å². The maximum absolute atomic E-state index is 12.0. The van der Waals surface area contributed by atoms with E-state index in [1.807, 2.05) is 60.7 Å². The minimum absolute atomic E-state index is 0.0277. The lowest BCUT2D eigenvalue weighted by Gasteiger charge is -2.21. The third kappa shape index (κ3) is 8.38. The molecule has 6 nitrogen and oxygen atoms in total.